The van der Waals surface area contributed by atoms with E-state index in [1.54, 1.807) is 0 Å². The van der Waals surface area contributed by atoms with Crippen molar-refractivity contribution in [3.63, 3.8) is 0 Å². The molecule has 1 unspecified atom stereocenters. The summed E-state index contributed by atoms with van der Waals surface area (Å²) in [5.41, 5.74) is 2.76. The molecule has 0 saturated carbocycles. The van der Waals surface area contributed by atoms with Gasteiger partial charge in [-0.2, -0.15) is 13.2 Å². The van der Waals surface area contributed by atoms with Crippen LogP contribution in [0.5, 0.6) is 0 Å². The van der Waals surface area contributed by atoms with E-state index in [9.17, 15) is 18.0 Å². The largest absolute Gasteiger partial charge is 0.490 e. The number of alkyl halides is 3. The number of carboxylic acids is 1. The molecule has 1 aromatic carbocycles. The van der Waals surface area contributed by atoms with Gasteiger partial charge in [-0.3, -0.25) is 4.90 Å². The molecule has 3 heterocycles. The number of rotatable bonds is 4. The molecule has 4 rings (SSSR count). The smallest absolute Gasteiger partial charge is 0.475 e. The Bertz CT molecular complexity index is 794. The predicted molar refractivity (Wildman–Crippen MR) is 116 cm³/mol. The number of urea groups is 1. The molecule has 10 heteroatoms. The van der Waals surface area contributed by atoms with Crippen molar-refractivity contribution in [3.05, 3.63) is 35.4 Å². The molecule has 7 nitrogen and oxygen atoms in total. The highest BCUT2D eigenvalue weighted by atomic mass is 19.4. The SMILES string of the molecule is Cc1ccc(CN2CC3(CCC(CNC(=O)N4CCCC4)CO3)C2)cc1.O=C(O)C(F)(F)F. The van der Waals surface area contributed by atoms with Gasteiger partial charge in [-0.05, 0) is 44.1 Å². The summed E-state index contributed by atoms with van der Waals surface area (Å²) in [5, 5.41) is 10.2. The number of benzene rings is 1. The maximum atomic E-state index is 12.1. The maximum Gasteiger partial charge on any atom is 0.490 e. The minimum atomic E-state index is -5.08. The first kappa shape index (κ1) is 25.3. The number of likely N-dealkylation sites (tertiary alicyclic amines) is 2. The summed E-state index contributed by atoms with van der Waals surface area (Å²) in [7, 11) is 0. The lowest BCUT2D eigenvalue weighted by Crippen LogP contribution is -2.64. The zero-order chi connectivity index (χ0) is 24.1. The monoisotopic (exact) mass is 471 g/mol. The standard InChI is InChI=1S/C21H31N3O2.C2HF3O2/c1-17-4-6-18(7-5-17)13-23-15-21(16-23)9-8-19(14-26-21)12-22-20(25)24-10-2-3-11-24;3-2(4,5)1(6)7/h4-7,19H,2-3,8-16H2,1H3,(H,22,25);(H,6,7). The number of carboxylic acid groups (broad SMARTS) is 1. The molecule has 3 aliphatic heterocycles. The van der Waals surface area contributed by atoms with Crippen molar-refractivity contribution in [2.45, 2.75) is 50.9 Å². The highest BCUT2D eigenvalue weighted by Gasteiger charge is 2.46. The number of aryl methyl sites for hydroxylation is 1. The third-order valence-electron chi connectivity index (χ3n) is 6.36. The fraction of sp³-hybridized carbons (Fsp3) is 0.652. The third-order valence-corrected chi connectivity index (χ3v) is 6.36. The molecule has 1 atom stereocenters. The topological polar surface area (TPSA) is 82.1 Å². The van der Waals surface area contributed by atoms with E-state index in [1.807, 2.05) is 4.90 Å². The number of hydrogen-bond acceptors (Lipinski definition) is 4. The summed E-state index contributed by atoms with van der Waals surface area (Å²) in [5.74, 6) is -2.30. The number of ether oxygens (including phenoxy) is 1. The number of halogens is 3. The Hall–Kier alpha value is -2.33. The Morgan fingerprint density at radius 1 is 1.18 bits per heavy atom. The van der Waals surface area contributed by atoms with Gasteiger partial charge in [0.2, 0.25) is 0 Å². The molecule has 3 saturated heterocycles. The molecule has 184 valence electrons. The van der Waals surface area contributed by atoms with Gasteiger partial charge in [0.05, 0.1) is 12.2 Å². The first-order valence-electron chi connectivity index (χ1n) is 11.3. The van der Waals surface area contributed by atoms with Gasteiger partial charge in [0.1, 0.15) is 0 Å². The van der Waals surface area contributed by atoms with Crippen LogP contribution in [0.3, 0.4) is 0 Å². The molecular formula is C23H32F3N3O4. The molecule has 33 heavy (non-hydrogen) atoms. The number of carbonyl (C=O) groups excluding carboxylic acids is 1. The van der Waals surface area contributed by atoms with E-state index in [0.29, 0.717) is 5.92 Å². The molecule has 0 aliphatic carbocycles. The van der Waals surface area contributed by atoms with Crippen LogP contribution in [0.15, 0.2) is 24.3 Å². The number of carbonyl (C=O) groups is 2. The molecule has 0 aromatic heterocycles. The van der Waals surface area contributed by atoms with E-state index in [0.717, 1.165) is 71.6 Å². The van der Waals surface area contributed by atoms with Crippen LogP contribution in [-0.2, 0) is 16.1 Å². The minimum Gasteiger partial charge on any atom is -0.475 e. The second kappa shape index (κ2) is 10.7. The summed E-state index contributed by atoms with van der Waals surface area (Å²) < 4.78 is 38.0. The number of hydrogen-bond donors (Lipinski definition) is 2. The zero-order valence-corrected chi connectivity index (χ0v) is 18.9. The van der Waals surface area contributed by atoms with Crippen molar-refractivity contribution >= 4 is 12.0 Å². The first-order valence-corrected chi connectivity index (χ1v) is 11.3. The van der Waals surface area contributed by atoms with Crippen LogP contribution in [0.4, 0.5) is 18.0 Å². The van der Waals surface area contributed by atoms with Crippen LogP contribution >= 0.6 is 0 Å². The van der Waals surface area contributed by atoms with Crippen molar-refractivity contribution in [1.82, 2.24) is 15.1 Å². The van der Waals surface area contributed by atoms with Crippen LogP contribution < -0.4 is 5.32 Å². The van der Waals surface area contributed by atoms with Gasteiger partial charge in [-0.15, -0.1) is 0 Å². The number of nitrogens with one attached hydrogen (secondary N) is 1. The van der Waals surface area contributed by atoms with E-state index in [1.165, 1.54) is 11.1 Å². The van der Waals surface area contributed by atoms with Crippen LogP contribution in [-0.4, -0.2) is 78.0 Å². The van der Waals surface area contributed by atoms with Gasteiger partial charge in [0, 0.05) is 39.3 Å². The van der Waals surface area contributed by atoms with Gasteiger partial charge < -0.3 is 20.1 Å². The summed E-state index contributed by atoms with van der Waals surface area (Å²) in [6.07, 6.45) is -0.538. The lowest BCUT2D eigenvalue weighted by atomic mass is 9.82. The molecule has 1 aromatic rings. The van der Waals surface area contributed by atoms with Gasteiger partial charge in [0.15, 0.2) is 0 Å². The average molecular weight is 472 g/mol. The Balaban J connectivity index is 0.000000383. The quantitative estimate of drug-likeness (QED) is 0.704. The second-order valence-corrected chi connectivity index (χ2v) is 9.21. The lowest BCUT2D eigenvalue weighted by molar-refractivity contribution is -0.192. The maximum absolute atomic E-state index is 12.1. The molecule has 2 N–H and O–H groups in total. The van der Waals surface area contributed by atoms with Gasteiger partial charge in [-0.25, -0.2) is 9.59 Å². The van der Waals surface area contributed by atoms with E-state index in [2.05, 4.69) is 41.4 Å². The lowest BCUT2D eigenvalue weighted by Gasteiger charge is -2.53. The van der Waals surface area contributed by atoms with Crippen LogP contribution in [0.2, 0.25) is 0 Å². The van der Waals surface area contributed by atoms with Gasteiger partial charge in [-0.1, -0.05) is 29.8 Å². The van der Waals surface area contributed by atoms with Gasteiger partial charge in [0.25, 0.3) is 0 Å². The minimum absolute atomic E-state index is 0.0696. The van der Waals surface area contributed by atoms with Crippen LogP contribution in [0.1, 0.15) is 36.8 Å². The number of nitrogens with zero attached hydrogens (tertiary/aromatic N) is 2. The van der Waals surface area contributed by atoms with Gasteiger partial charge >= 0.3 is 18.2 Å². The van der Waals surface area contributed by atoms with E-state index in [-0.39, 0.29) is 11.6 Å². The first-order chi connectivity index (χ1) is 15.6. The summed E-state index contributed by atoms with van der Waals surface area (Å²) in [6.45, 7) is 8.56. The fourth-order valence-corrected chi connectivity index (χ4v) is 4.42. The van der Waals surface area contributed by atoms with Crippen molar-refractivity contribution in [2.24, 2.45) is 5.92 Å². The highest BCUT2D eigenvalue weighted by Crippen LogP contribution is 2.36. The molecular weight excluding hydrogens is 439 g/mol. The summed E-state index contributed by atoms with van der Waals surface area (Å²) in [6, 6.07) is 8.92. The average Bonchev–Trinajstić information content (AvgIpc) is 3.28. The summed E-state index contributed by atoms with van der Waals surface area (Å²) in [4.78, 5) is 25.4. The number of amides is 2. The molecule has 0 radical (unpaired) electrons. The van der Waals surface area contributed by atoms with Crippen molar-refractivity contribution < 1.29 is 32.6 Å². The van der Waals surface area contributed by atoms with E-state index < -0.39 is 12.1 Å². The molecule has 3 aliphatic rings. The van der Waals surface area contributed by atoms with Crippen LogP contribution in [0.25, 0.3) is 0 Å². The Labute approximate surface area is 191 Å². The Morgan fingerprint density at radius 3 is 2.30 bits per heavy atom. The predicted octanol–water partition coefficient (Wildman–Crippen LogP) is 3.41. The van der Waals surface area contributed by atoms with E-state index in [4.69, 9.17) is 14.6 Å². The highest BCUT2D eigenvalue weighted by molar-refractivity contribution is 5.74. The van der Waals surface area contributed by atoms with Crippen molar-refractivity contribution in [1.29, 1.82) is 0 Å². The molecule has 3 fully saturated rings. The van der Waals surface area contributed by atoms with Crippen LogP contribution in [0, 0.1) is 12.8 Å². The summed E-state index contributed by atoms with van der Waals surface area (Å²) >= 11 is 0. The zero-order valence-electron chi connectivity index (χ0n) is 18.9. The van der Waals surface area contributed by atoms with Crippen molar-refractivity contribution in [2.75, 3.05) is 39.3 Å². The van der Waals surface area contributed by atoms with E-state index >= 15 is 0 Å². The fourth-order valence-electron chi connectivity index (χ4n) is 4.42. The Morgan fingerprint density at radius 2 is 1.79 bits per heavy atom. The van der Waals surface area contributed by atoms with Crippen molar-refractivity contribution in [3.8, 4) is 0 Å². The second-order valence-electron chi connectivity index (χ2n) is 9.21. The third kappa shape index (κ3) is 7.33. The molecule has 0 bridgehead atoms. The number of aliphatic carboxylic acids is 1. The Kier molecular flexibility index (Phi) is 8.23. The molecule has 1 spiro atoms. The molecule has 2 amide bonds. The normalized spacial score (nSPS) is 22.3.